The molecule has 0 bridgehead atoms. The first kappa shape index (κ1) is 28.6. The third-order valence-electron chi connectivity index (χ3n) is 5.22. The molecule has 1 aliphatic rings. The van der Waals surface area contributed by atoms with Gasteiger partial charge in [0.25, 0.3) is 11.7 Å². The summed E-state index contributed by atoms with van der Waals surface area (Å²) in [4.78, 5) is 44.2. The highest BCUT2D eigenvalue weighted by atomic mass is 16.6. The van der Waals surface area contributed by atoms with E-state index in [-0.39, 0.29) is 23.4 Å². The third-order valence-corrected chi connectivity index (χ3v) is 5.22. The number of aliphatic imine (C=N–C) groups is 1. The minimum absolute atomic E-state index is 0.104. The molecule has 1 aromatic rings. The molecule has 11 nitrogen and oxygen atoms in total. The molecule has 1 aromatic carbocycles. The normalized spacial score (nSPS) is 16.0. The summed E-state index contributed by atoms with van der Waals surface area (Å²) in [6, 6.07) is 5.62. The van der Waals surface area contributed by atoms with Crippen molar-refractivity contribution in [3.8, 4) is 0 Å². The molecular weight excluding hydrogens is 468 g/mol. The monoisotopic (exact) mass is 504 g/mol. The smallest absolute Gasteiger partial charge is 0.410 e. The maximum absolute atomic E-state index is 13.1. The van der Waals surface area contributed by atoms with Gasteiger partial charge in [-0.15, -0.1) is 0 Å². The summed E-state index contributed by atoms with van der Waals surface area (Å²) >= 11 is 0. The zero-order valence-electron chi connectivity index (χ0n) is 22.2. The number of methoxy groups -OCH3 is 1. The van der Waals surface area contributed by atoms with Gasteiger partial charge >= 0.3 is 12.1 Å². The average molecular weight is 505 g/mol. The van der Waals surface area contributed by atoms with Crippen LogP contribution in [0.3, 0.4) is 0 Å². The first-order valence-corrected chi connectivity index (χ1v) is 11.7. The number of carbonyl (C=O) groups excluding carboxylic acids is 2. The van der Waals surface area contributed by atoms with Crippen LogP contribution in [0.1, 0.15) is 59.6 Å². The summed E-state index contributed by atoms with van der Waals surface area (Å²) in [7, 11) is 3.11. The van der Waals surface area contributed by atoms with Gasteiger partial charge in [0.05, 0.1) is 35.4 Å². The summed E-state index contributed by atoms with van der Waals surface area (Å²) in [6.45, 7) is 11.2. The molecule has 0 aliphatic carbocycles. The largest absolute Gasteiger partial charge is 0.468 e. The van der Waals surface area contributed by atoms with E-state index in [1.165, 1.54) is 24.1 Å². The van der Waals surface area contributed by atoms with Crippen molar-refractivity contribution in [1.82, 2.24) is 9.80 Å². The van der Waals surface area contributed by atoms with Crippen LogP contribution >= 0.6 is 0 Å². The number of amides is 1. The van der Waals surface area contributed by atoms with E-state index < -0.39 is 28.6 Å². The second kappa shape index (κ2) is 11.9. The third kappa shape index (κ3) is 7.43. The van der Waals surface area contributed by atoms with Crippen molar-refractivity contribution >= 4 is 23.8 Å². The lowest BCUT2D eigenvalue weighted by Gasteiger charge is -2.37. The Balaban J connectivity index is 2.42. The summed E-state index contributed by atoms with van der Waals surface area (Å²) < 4.78 is 16.4. The topological polar surface area (TPSA) is 124 Å². The Labute approximate surface area is 211 Å². The van der Waals surface area contributed by atoms with Crippen LogP contribution in [0.2, 0.25) is 0 Å². The zero-order valence-corrected chi connectivity index (χ0v) is 22.2. The van der Waals surface area contributed by atoms with Gasteiger partial charge in [-0.1, -0.05) is 12.1 Å². The summed E-state index contributed by atoms with van der Waals surface area (Å²) in [5.74, 6) is -0.561. The van der Waals surface area contributed by atoms with Crippen LogP contribution in [0.5, 0.6) is 0 Å². The van der Waals surface area contributed by atoms with Crippen molar-refractivity contribution in [3.63, 3.8) is 0 Å². The van der Waals surface area contributed by atoms with E-state index in [1.807, 2.05) is 0 Å². The highest BCUT2D eigenvalue weighted by molar-refractivity contribution is 5.94. The fourth-order valence-corrected chi connectivity index (χ4v) is 3.72. The summed E-state index contributed by atoms with van der Waals surface area (Å²) in [5, 5.41) is 11.5. The number of nitro groups is 1. The summed E-state index contributed by atoms with van der Waals surface area (Å²) in [6.07, 6.45) is -0.337. The van der Waals surface area contributed by atoms with Gasteiger partial charge in [0.2, 0.25) is 0 Å². The fraction of sp³-hybridized carbons (Fsp3) is 0.560. The number of esters is 1. The number of hydrogen-bond acceptors (Lipinski definition) is 9. The Bertz CT molecular complexity index is 1040. The molecule has 1 heterocycles. The van der Waals surface area contributed by atoms with Gasteiger partial charge in [-0.25, -0.2) is 14.6 Å². The number of nitrogens with zero attached hydrogens (tertiary/aromatic N) is 4. The number of amidine groups is 1. The molecule has 0 fully saturated rings. The number of rotatable bonds is 8. The van der Waals surface area contributed by atoms with E-state index in [1.54, 1.807) is 65.6 Å². The number of non-ortho nitro benzene ring substituents is 1. The molecule has 0 N–H and O–H groups in total. The molecule has 36 heavy (non-hydrogen) atoms. The van der Waals surface area contributed by atoms with Gasteiger partial charge in [0, 0.05) is 32.3 Å². The Morgan fingerprint density at radius 2 is 1.94 bits per heavy atom. The predicted molar refractivity (Wildman–Crippen MR) is 134 cm³/mol. The van der Waals surface area contributed by atoms with Gasteiger partial charge < -0.3 is 24.0 Å². The van der Waals surface area contributed by atoms with Gasteiger partial charge in [-0.3, -0.25) is 10.1 Å². The van der Waals surface area contributed by atoms with Crippen molar-refractivity contribution in [2.75, 3.05) is 27.2 Å². The molecule has 198 valence electrons. The molecule has 0 radical (unpaired) electrons. The van der Waals surface area contributed by atoms with Crippen LogP contribution < -0.4 is 0 Å². The van der Waals surface area contributed by atoms with Crippen LogP contribution in [0.15, 0.2) is 40.5 Å². The van der Waals surface area contributed by atoms with E-state index in [0.29, 0.717) is 30.8 Å². The zero-order chi connectivity index (χ0) is 27.2. The van der Waals surface area contributed by atoms with Crippen LogP contribution in [0, 0.1) is 10.1 Å². The van der Waals surface area contributed by atoms with Crippen molar-refractivity contribution in [2.45, 2.75) is 65.7 Å². The van der Waals surface area contributed by atoms with E-state index in [0.717, 1.165) is 0 Å². The molecule has 1 unspecified atom stereocenters. The maximum atomic E-state index is 13.1. The number of carbonyl (C=O) groups is 2. The molecule has 0 saturated carbocycles. The molecule has 2 rings (SSSR count). The molecule has 0 aromatic heterocycles. The number of allylic oxidation sites excluding steroid dienone is 1. The van der Waals surface area contributed by atoms with Crippen molar-refractivity contribution < 1.29 is 28.7 Å². The molecule has 0 spiro atoms. The quantitative estimate of drug-likeness (QED) is 0.289. The predicted octanol–water partition coefficient (Wildman–Crippen LogP) is 4.44. The van der Waals surface area contributed by atoms with Crippen LogP contribution in [0.25, 0.3) is 0 Å². The molecule has 1 aliphatic heterocycles. The Kier molecular flexibility index (Phi) is 9.43. The minimum Gasteiger partial charge on any atom is -0.468 e. The average Bonchev–Trinajstić information content (AvgIpc) is 2.77. The van der Waals surface area contributed by atoms with Crippen molar-refractivity contribution in [2.24, 2.45) is 4.99 Å². The van der Waals surface area contributed by atoms with E-state index in [2.05, 4.69) is 4.99 Å². The van der Waals surface area contributed by atoms with Crippen LogP contribution in [-0.2, 0) is 19.0 Å². The number of hydrogen-bond donors (Lipinski definition) is 0. The second-order valence-electron chi connectivity index (χ2n) is 9.76. The lowest BCUT2D eigenvalue weighted by atomic mass is 9.93. The maximum Gasteiger partial charge on any atom is 0.410 e. The number of benzene rings is 1. The lowest BCUT2D eigenvalue weighted by Crippen LogP contribution is -2.43. The van der Waals surface area contributed by atoms with Crippen LogP contribution in [0.4, 0.5) is 10.5 Å². The van der Waals surface area contributed by atoms with E-state index in [4.69, 9.17) is 14.2 Å². The Morgan fingerprint density at radius 3 is 2.50 bits per heavy atom. The molecule has 0 saturated heterocycles. The standard InChI is InChI=1S/C25H36N4O7/c1-16(2)35-22(30)20-17(3)26-23(34-8)28(14-10-13-27(7)24(31)36-25(4,5)6)21(20)18-11-9-12-19(15-18)29(32)33/h9,11-12,15-16,21H,10,13-14H2,1-8H3. The van der Waals surface area contributed by atoms with Gasteiger partial charge in [-0.05, 0) is 53.5 Å². The second-order valence-corrected chi connectivity index (χ2v) is 9.76. The SMILES string of the molecule is COC1=NC(C)=C(C(=O)OC(C)C)C(c2cccc([N+](=O)[O-])c2)N1CCCN(C)C(=O)OC(C)(C)C. The fourth-order valence-electron chi connectivity index (χ4n) is 3.72. The molecular formula is C25H36N4O7. The molecule has 1 amide bonds. The highest BCUT2D eigenvalue weighted by Crippen LogP contribution is 2.37. The minimum atomic E-state index is -0.740. The van der Waals surface area contributed by atoms with E-state index in [9.17, 15) is 19.7 Å². The first-order chi connectivity index (χ1) is 16.7. The lowest BCUT2D eigenvalue weighted by molar-refractivity contribution is -0.384. The number of nitro benzene ring substituents is 1. The van der Waals surface area contributed by atoms with Crippen molar-refractivity contribution in [1.29, 1.82) is 0 Å². The Morgan fingerprint density at radius 1 is 1.28 bits per heavy atom. The molecule has 11 heteroatoms. The van der Waals surface area contributed by atoms with Gasteiger partial charge in [0.1, 0.15) is 5.60 Å². The number of ether oxygens (including phenoxy) is 3. The van der Waals surface area contributed by atoms with Crippen LogP contribution in [-0.4, -0.2) is 71.8 Å². The highest BCUT2D eigenvalue weighted by Gasteiger charge is 2.38. The van der Waals surface area contributed by atoms with E-state index >= 15 is 0 Å². The summed E-state index contributed by atoms with van der Waals surface area (Å²) in [5.41, 5.74) is 0.466. The first-order valence-electron chi connectivity index (χ1n) is 11.7. The van der Waals surface area contributed by atoms with Gasteiger partial charge in [0.15, 0.2) is 0 Å². The van der Waals surface area contributed by atoms with Gasteiger partial charge in [-0.2, -0.15) is 0 Å². The van der Waals surface area contributed by atoms with Crippen molar-refractivity contribution in [3.05, 3.63) is 51.2 Å². The Hall–Kier alpha value is -3.63. The molecule has 1 atom stereocenters.